The van der Waals surface area contributed by atoms with Crippen LogP contribution in [0.5, 0.6) is 5.88 Å². The molecule has 0 saturated carbocycles. The Morgan fingerprint density at radius 1 is 1.28 bits per heavy atom. The fourth-order valence-corrected chi connectivity index (χ4v) is 3.25. The smallest absolute Gasteiger partial charge is 0.433 e. The Kier molecular flexibility index (Phi) is 6.00. The first kappa shape index (κ1) is 21.0. The second-order valence-corrected chi connectivity index (χ2v) is 6.97. The van der Waals surface area contributed by atoms with Gasteiger partial charge in [0.15, 0.2) is 5.54 Å². The van der Waals surface area contributed by atoms with Gasteiger partial charge in [0.1, 0.15) is 18.1 Å². The van der Waals surface area contributed by atoms with Gasteiger partial charge in [-0.3, -0.25) is 0 Å². The molecule has 3 N–H and O–H groups in total. The zero-order valence-corrected chi connectivity index (χ0v) is 15.8. The van der Waals surface area contributed by atoms with E-state index in [9.17, 15) is 18.4 Å². The highest BCUT2D eigenvalue weighted by Gasteiger charge is 2.36. The van der Waals surface area contributed by atoms with Crippen LogP contribution in [0.2, 0.25) is 0 Å². The van der Waals surface area contributed by atoms with Crippen molar-refractivity contribution in [3.8, 4) is 11.9 Å². The number of pyridine rings is 1. The van der Waals surface area contributed by atoms with Crippen LogP contribution in [0.25, 0.3) is 0 Å². The number of hydrogen-bond donors (Lipinski definition) is 2. The lowest BCUT2D eigenvalue weighted by molar-refractivity contribution is -0.141. The molecule has 1 fully saturated rings. The van der Waals surface area contributed by atoms with Gasteiger partial charge in [0, 0.05) is 23.7 Å². The largest absolute Gasteiger partial charge is 0.474 e. The van der Waals surface area contributed by atoms with E-state index in [0.717, 1.165) is 32.0 Å². The van der Waals surface area contributed by atoms with Crippen LogP contribution in [-0.2, 0) is 11.7 Å². The third kappa shape index (κ3) is 4.81. The molecule has 1 unspecified atom stereocenters. The van der Waals surface area contributed by atoms with E-state index < -0.39 is 17.4 Å². The summed E-state index contributed by atoms with van der Waals surface area (Å²) in [5.41, 5.74) is 4.71. The number of halogens is 3. The van der Waals surface area contributed by atoms with Crippen molar-refractivity contribution >= 4 is 0 Å². The van der Waals surface area contributed by atoms with Crippen molar-refractivity contribution in [2.45, 2.75) is 37.4 Å². The van der Waals surface area contributed by atoms with Crippen molar-refractivity contribution in [2.75, 3.05) is 19.7 Å². The molecule has 0 radical (unpaired) electrons. The summed E-state index contributed by atoms with van der Waals surface area (Å²) in [4.78, 5) is 12.1. The highest BCUT2D eigenvalue weighted by atomic mass is 19.4. The van der Waals surface area contributed by atoms with Gasteiger partial charge in [0.25, 0.3) is 0 Å². The Labute approximate surface area is 166 Å². The van der Waals surface area contributed by atoms with Crippen LogP contribution in [0, 0.1) is 18.3 Å². The summed E-state index contributed by atoms with van der Waals surface area (Å²) in [5, 5.41) is 13.0. The number of nitrogens with one attached hydrogen (secondary N) is 1. The number of aromatic nitrogens is 3. The third-order valence-corrected chi connectivity index (χ3v) is 4.81. The summed E-state index contributed by atoms with van der Waals surface area (Å²) in [6.45, 7) is 3.01. The number of aryl methyl sites for hydroxylation is 1. The molecule has 1 aliphatic heterocycles. The van der Waals surface area contributed by atoms with E-state index in [1.807, 2.05) is 6.07 Å². The molecule has 1 aliphatic rings. The maximum atomic E-state index is 12.9. The number of nitrogens with two attached hydrogens (primary N) is 1. The zero-order chi connectivity index (χ0) is 21.1. The Hall–Kier alpha value is -2.77. The molecule has 2 aromatic rings. The van der Waals surface area contributed by atoms with E-state index in [0.29, 0.717) is 17.1 Å². The molecular weight excluding hydrogens is 385 g/mol. The predicted molar refractivity (Wildman–Crippen MR) is 97.8 cm³/mol. The van der Waals surface area contributed by atoms with Crippen molar-refractivity contribution in [3.63, 3.8) is 0 Å². The summed E-state index contributed by atoms with van der Waals surface area (Å²) < 4.78 is 44.0. The average molecular weight is 406 g/mol. The maximum absolute atomic E-state index is 12.9. The molecule has 0 aliphatic carbocycles. The van der Waals surface area contributed by atoms with Gasteiger partial charge in [-0.2, -0.15) is 18.4 Å². The maximum Gasteiger partial charge on any atom is 0.433 e. The van der Waals surface area contributed by atoms with Crippen molar-refractivity contribution in [2.24, 2.45) is 5.73 Å². The van der Waals surface area contributed by atoms with Gasteiger partial charge in [-0.1, -0.05) is 6.07 Å². The number of rotatable bonds is 5. The lowest BCUT2D eigenvalue weighted by Gasteiger charge is -2.29. The molecule has 2 aromatic heterocycles. The van der Waals surface area contributed by atoms with Crippen molar-refractivity contribution in [1.29, 1.82) is 5.26 Å². The molecule has 10 heteroatoms. The standard InChI is InChI=1S/C19H21F3N6O/c1-12-26-9-14(17(27-12)13-5-7-25-8-6-13)18(24,10-23)11-29-16-4-2-3-15(28-16)19(20,21)22/h2-4,9,13,25H,5-8,11,24H2,1H3. The number of piperidine rings is 1. The molecule has 0 aromatic carbocycles. The minimum absolute atomic E-state index is 0.107. The highest BCUT2D eigenvalue weighted by molar-refractivity contribution is 5.36. The molecule has 3 heterocycles. The average Bonchev–Trinajstić information content (AvgIpc) is 2.72. The number of alkyl halides is 3. The molecule has 1 saturated heterocycles. The van der Waals surface area contributed by atoms with Crippen LogP contribution >= 0.6 is 0 Å². The van der Waals surface area contributed by atoms with Gasteiger partial charge < -0.3 is 15.8 Å². The normalized spacial score (nSPS) is 17.4. The van der Waals surface area contributed by atoms with E-state index in [1.165, 1.54) is 18.3 Å². The van der Waals surface area contributed by atoms with Crippen LogP contribution in [0.4, 0.5) is 13.2 Å². The first-order valence-corrected chi connectivity index (χ1v) is 9.15. The van der Waals surface area contributed by atoms with Gasteiger partial charge in [0.2, 0.25) is 5.88 Å². The van der Waals surface area contributed by atoms with Gasteiger partial charge >= 0.3 is 6.18 Å². The Morgan fingerprint density at radius 2 is 2.00 bits per heavy atom. The predicted octanol–water partition coefficient (Wildman–Crippen LogP) is 2.42. The van der Waals surface area contributed by atoms with Crippen LogP contribution in [0.3, 0.4) is 0 Å². The van der Waals surface area contributed by atoms with Gasteiger partial charge in [-0.15, -0.1) is 0 Å². The molecule has 29 heavy (non-hydrogen) atoms. The van der Waals surface area contributed by atoms with Crippen LogP contribution in [-0.4, -0.2) is 34.6 Å². The first-order chi connectivity index (χ1) is 13.7. The van der Waals surface area contributed by atoms with E-state index in [-0.39, 0.29) is 18.4 Å². The van der Waals surface area contributed by atoms with E-state index in [2.05, 4.69) is 20.3 Å². The lowest BCUT2D eigenvalue weighted by atomic mass is 9.84. The summed E-state index contributed by atoms with van der Waals surface area (Å²) in [5.74, 6) is 0.403. The topological polar surface area (TPSA) is 110 Å². The zero-order valence-electron chi connectivity index (χ0n) is 15.8. The second kappa shape index (κ2) is 8.31. The molecule has 3 rings (SSSR count). The Bertz CT molecular complexity index is 908. The van der Waals surface area contributed by atoms with Gasteiger partial charge in [-0.25, -0.2) is 15.0 Å². The minimum Gasteiger partial charge on any atom is -0.474 e. The molecule has 154 valence electrons. The van der Waals surface area contributed by atoms with Crippen LogP contribution < -0.4 is 15.8 Å². The van der Waals surface area contributed by atoms with E-state index >= 15 is 0 Å². The fraction of sp³-hybridized carbons (Fsp3) is 0.474. The highest BCUT2D eigenvalue weighted by Crippen LogP contribution is 2.32. The molecule has 0 bridgehead atoms. The van der Waals surface area contributed by atoms with Crippen molar-refractivity contribution in [1.82, 2.24) is 20.3 Å². The fourth-order valence-electron chi connectivity index (χ4n) is 3.25. The second-order valence-electron chi connectivity index (χ2n) is 6.97. The van der Waals surface area contributed by atoms with Crippen LogP contribution in [0.1, 0.15) is 41.5 Å². The molecule has 1 atom stereocenters. The lowest BCUT2D eigenvalue weighted by Crippen LogP contribution is -2.43. The van der Waals surface area contributed by atoms with E-state index in [4.69, 9.17) is 10.5 Å². The number of hydrogen-bond acceptors (Lipinski definition) is 7. The number of ether oxygens (including phenoxy) is 1. The van der Waals surface area contributed by atoms with E-state index in [1.54, 1.807) is 6.92 Å². The molecular formula is C19H21F3N6O. The summed E-state index contributed by atoms with van der Waals surface area (Å²) >= 11 is 0. The summed E-state index contributed by atoms with van der Waals surface area (Å²) in [6, 6.07) is 5.33. The summed E-state index contributed by atoms with van der Waals surface area (Å²) in [7, 11) is 0. The van der Waals surface area contributed by atoms with Gasteiger partial charge in [0.05, 0.1) is 11.8 Å². The van der Waals surface area contributed by atoms with Crippen LogP contribution in [0.15, 0.2) is 24.4 Å². The molecule has 0 amide bonds. The molecule has 7 nitrogen and oxygen atoms in total. The quantitative estimate of drug-likeness (QED) is 0.785. The Morgan fingerprint density at radius 3 is 2.66 bits per heavy atom. The van der Waals surface area contributed by atoms with Gasteiger partial charge in [-0.05, 0) is 38.9 Å². The molecule has 0 spiro atoms. The number of nitriles is 1. The Balaban J connectivity index is 1.88. The first-order valence-electron chi connectivity index (χ1n) is 9.15. The minimum atomic E-state index is -4.60. The van der Waals surface area contributed by atoms with Crippen molar-refractivity contribution in [3.05, 3.63) is 47.2 Å². The monoisotopic (exact) mass is 406 g/mol. The number of nitrogens with zero attached hydrogens (tertiary/aromatic N) is 4. The van der Waals surface area contributed by atoms with Crippen molar-refractivity contribution < 1.29 is 17.9 Å². The third-order valence-electron chi connectivity index (χ3n) is 4.81. The SMILES string of the molecule is Cc1ncc(C(N)(C#N)COc2cccc(C(F)(F)F)n2)c(C2CCNCC2)n1. The summed E-state index contributed by atoms with van der Waals surface area (Å²) in [6.07, 6.45) is -1.42.